The summed E-state index contributed by atoms with van der Waals surface area (Å²) in [4.78, 5) is 0. The standard InChI is InChI=1S/C18H28O2/c1-5-13-11-12-14(6-2)18(4)17(13,3)19-15-9-7-8-10-16(15)20-18/h5-6,13-16H,1-2,7-12H2,3-4H3/t13-,14-,15+,16+,17-,18+/m1/s1. The molecule has 2 saturated carbocycles. The third-order valence-corrected chi connectivity index (χ3v) is 6.19. The predicted molar refractivity (Wildman–Crippen MR) is 81.6 cm³/mol. The highest BCUT2D eigenvalue weighted by molar-refractivity contribution is 5.17. The van der Waals surface area contributed by atoms with E-state index in [1.165, 1.54) is 12.8 Å². The van der Waals surface area contributed by atoms with Gasteiger partial charge in [-0.3, -0.25) is 0 Å². The van der Waals surface area contributed by atoms with Crippen LogP contribution in [0.25, 0.3) is 0 Å². The zero-order valence-electron chi connectivity index (χ0n) is 12.9. The first-order valence-corrected chi connectivity index (χ1v) is 8.16. The van der Waals surface area contributed by atoms with Crippen LogP contribution in [0.5, 0.6) is 0 Å². The fourth-order valence-corrected chi connectivity index (χ4v) is 4.70. The molecule has 112 valence electrons. The summed E-state index contributed by atoms with van der Waals surface area (Å²) in [6.07, 6.45) is 11.7. The summed E-state index contributed by atoms with van der Waals surface area (Å²) >= 11 is 0. The summed E-state index contributed by atoms with van der Waals surface area (Å²) in [7, 11) is 0. The molecule has 0 unspecified atom stereocenters. The monoisotopic (exact) mass is 276 g/mol. The SMILES string of the molecule is C=C[C@@H]1CC[C@@H](C=C)[C@@]2(C)O[C@H]3CCCC[C@@H]3O[C@@]12C. The van der Waals surface area contributed by atoms with Gasteiger partial charge in [0.1, 0.15) is 11.2 Å². The second-order valence-electron chi connectivity index (χ2n) is 7.07. The van der Waals surface area contributed by atoms with Crippen molar-refractivity contribution in [2.75, 3.05) is 0 Å². The quantitative estimate of drug-likeness (QED) is 0.702. The molecular formula is C18H28O2. The van der Waals surface area contributed by atoms with Crippen LogP contribution >= 0.6 is 0 Å². The van der Waals surface area contributed by atoms with Crippen LogP contribution < -0.4 is 0 Å². The van der Waals surface area contributed by atoms with E-state index >= 15 is 0 Å². The number of ether oxygens (including phenoxy) is 2. The smallest absolute Gasteiger partial charge is 0.101 e. The van der Waals surface area contributed by atoms with E-state index in [0.717, 1.165) is 25.7 Å². The second-order valence-corrected chi connectivity index (χ2v) is 7.07. The van der Waals surface area contributed by atoms with Gasteiger partial charge in [-0.15, -0.1) is 13.2 Å². The van der Waals surface area contributed by atoms with Crippen LogP contribution in [0, 0.1) is 11.8 Å². The van der Waals surface area contributed by atoms with Crippen molar-refractivity contribution in [3.8, 4) is 0 Å². The number of fused-ring (bicyclic) bond motifs is 2. The summed E-state index contributed by atoms with van der Waals surface area (Å²) < 4.78 is 13.4. The summed E-state index contributed by atoms with van der Waals surface area (Å²) in [5.74, 6) is 0.734. The van der Waals surface area contributed by atoms with E-state index in [1.807, 2.05) is 0 Å². The minimum atomic E-state index is -0.273. The first kappa shape index (κ1) is 14.3. The van der Waals surface area contributed by atoms with Gasteiger partial charge in [0.15, 0.2) is 0 Å². The lowest BCUT2D eigenvalue weighted by molar-refractivity contribution is -0.344. The molecule has 0 bridgehead atoms. The number of rotatable bonds is 2. The molecule has 2 heteroatoms. The lowest BCUT2D eigenvalue weighted by Crippen LogP contribution is -2.70. The van der Waals surface area contributed by atoms with Crippen LogP contribution in [0.1, 0.15) is 52.4 Å². The molecule has 0 aromatic rings. The molecule has 3 rings (SSSR count). The number of hydrogen-bond acceptors (Lipinski definition) is 2. The summed E-state index contributed by atoms with van der Waals surface area (Å²) in [6.45, 7) is 12.6. The zero-order valence-corrected chi connectivity index (χ0v) is 12.9. The summed E-state index contributed by atoms with van der Waals surface area (Å²) in [5.41, 5.74) is -0.547. The predicted octanol–water partition coefficient (Wildman–Crippen LogP) is 4.26. The Hall–Kier alpha value is -0.600. The molecule has 0 aromatic carbocycles. The molecule has 0 amide bonds. The van der Waals surface area contributed by atoms with Gasteiger partial charge in [-0.1, -0.05) is 25.0 Å². The molecule has 3 aliphatic rings. The molecule has 0 aromatic heterocycles. The highest BCUT2D eigenvalue weighted by atomic mass is 16.6. The summed E-state index contributed by atoms with van der Waals surface area (Å²) in [6, 6.07) is 0. The highest BCUT2D eigenvalue weighted by Crippen LogP contribution is 2.55. The molecule has 0 N–H and O–H groups in total. The topological polar surface area (TPSA) is 18.5 Å². The van der Waals surface area contributed by atoms with Crippen molar-refractivity contribution < 1.29 is 9.47 Å². The lowest BCUT2D eigenvalue weighted by atomic mass is 9.60. The van der Waals surface area contributed by atoms with E-state index in [4.69, 9.17) is 9.47 Å². The Morgan fingerprint density at radius 2 is 1.20 bits per heavy atom. The van der Waals surface area contributed by atoms with E-state index < -0.39 is 0 Å². The van der Waals surface area contributed by atoms with Crippen LogP contribution in [-0.2, 0) is 9.47 Å². The van der Waals surface area contributed by atoms with E-state index in [-0.39, 0.29) is 23.4 Å². The zero-order chi connectivity index (χ0) is 14.4. The third kappa shape index (κ3) is 1.84. The van der Waals surface area contributed by atoms with Crippen LogP contribution in [-0.4, -0.2) is 23.4 Å². The molecule has 2 aliphatic carbocycles. The molecule has 20 heavy (non-hydrogen) atoms. The molecule has 1 saturated heterocycles. The Balaban J connectivity index is 1.98. The second kappa shape index (κ2) is 4.99. The van der Waals surface area contributed by atoms with Gasteiger partial charge in [-0.05, 0) is 39.5 Å². The molecule has 2 nitrogen and oxygen atoms in total. The van der Waals surface area contributed by atoms with Gasteiger partial charge in [0, 0.05) is 11.8 Å². The van der Waals surface area contributed by atoms with Crippen LogP contribution in [0.4, 0.5) is 0 Å². The Labute approximate surface area is 123 Å². The minimum Gasteiger partial charge on any atom is -0.366 e. The Kier molecular flexibility index (Phi) is 3.58. The maximum Gasteiger partial charge on any atom is 0.101 e. The molecule has 1 heterocycles. The van der Waals surface area contributed by atoms with Crippen molar-refractivity contribution >= 4 is 0 Å². The van der Waals surface area contributed by atoms with Gasteiger partial charge in [0.25, 0.3) is 0 Å². The average molecular weight is 276 g/mol. The van der Waals surface area contributed by atoms with E-state index in [0.29, 0.717) is 11.8 Å². The van der Waals surface area contributed by atoms with E-state index in [2.05, 4.69) is 39.2 Å². The van der Waals surface area contributed by atoms with Gasteiger partial charge in [-0.25, -0.2) is 0 Å². The Morgan fingerprint density at radius 1 is 0.800 bits per heavy atom. The first-order chi connectivity index (χ1) is 9.55. The Bertz CT molecular complexity index is 366. The molecule has 0 spiro atoms. The fourth-order valence-electron chi connectivity index (χ4n) is 4.70. The van der Waals surface area contributed by atoms with Crippen LogP contribution in [0.2, 0.25) is 0 Å². The van der Waals surface area contributed by atoms with Crippen molar-refractivity contribution in [3.05, 3.63) is 25.3 Å². The normalized spacial score (nSPS) is 51.7. The maximum absolute atomic E-state index is 6.68. The first-order valence-electron chi connectivity index (χ1n) is 8.16. The minimum absolute atomic E-state index is 0.271. The third-order valence-electron chi connectivity index (χ3n) is 6.19. The van der Waals surface area contributed by atoms with Crippen LogP contribution in [0.3, 0.4) is 0 Å². The van der Waals surface area contributed by atoms with Crippen molar-refractivity contribution in [2.24, 2.45) is 11.8 Å². The average Bonchev–Trinajstić information content (AvgIpc) is 2.44. The summed E-state index contributed by atoms with van der Waals surface area (Å²) in [5, 5.41) is 0. The van der Waals surface area contributed by atoms with Gasteiger partial charge in [0.2, 0.25) is 0 Å². The van der Waals surface area contributed by atoms with Crippen molar-refractivity contribution in [2.45, 2.75) is 75.8 Å². The van der Waals surface area contributed by atoms with Gasteiger partial charge >= 0.3 is 0 Å². The molecule has 6 atom stereocenters. The lowest BCUT2D eigenvalue weighted by Gasteiger charge is -2.62. The fraction of sp³-hybridized carbons (Fsp3) is 0.778. The molecule has 0 radical (unpaired) electrons. The van der Waals surface area contributed by atoms with Crippen molar-refractivity contribution in [1.29, 1.82) is 0 Å². The highest BCUT2D eigenvalue weighted by Gasteiger charge is 2.62. The van der Waals surface area contributed by atoms with Gasteiger partial charge in [-0.2, -0.15) is 0 Å². The largest absolute Gasteiger partial charge is 0.366 e. The van der Waals surface area contributed by atoms with Gasteiger partial charge < -0.3 is 9.47 Å². The van der Waals surface area contributed by atoms with Crippen molar-refractivity contribution in [3.63, 3.8) is 0 Å². The Morgan fingerprint density at radius 3 is 1.55 bits per heavy atom. The van der Waals surface area contributed by atoms with Gasteiger partial charge in [0.05, 0.1) is 12.2 Å². The van der Waals surface area contributed by atoms with E-state index in [1.54, 1.807) is 0 Å². The van der Waals surface area contributed by atoms with Crippen molar-refractivity contribution in [1.82, 2.24) is 0 Å². The maximum atomic E-state index is 6.68. The van der Waals surface area contributed by atoms with E-state index in [9.17, 15) is 0 Å². The molecule has 1 aliphatic heterocycles. The molecule has 3 fully saturated rings. The molecular weight excluding hydrogens is 248 g/mol. The number of hydrogen-bond donors (Lipinski definition) is 0. The van der Waals surface area contributed by atoms with Crippen LogP contribution in [0.15, 0.2) is 25.3 Å².